The van der Waals surface area contributed by atoms with Gasteiger partial charge in [-0.05, 0) is 12.1 Å². The van der Waals surface area contributed by atoms with Crippen molar-refractivity contribution in [1.29, 1.82) is 5.26 Å². The van der Waals surface area contributed by atoms with Gasteiger partial charge in [0.05, 0.1) is 11.6 Å². The first-order valence-electron chi connectivity index (χ1n) is 4.30. The van der Waals surface area contributed by atoms with Crippen molar-refractivity contribution in [1.82, 2.24) is 0 Å². The Bertz CT molecular complexity index is 434. The molecule has 0 heterocycles. The lowest BCUT2D eigenvalue weighted by molar-refractivity contribution is -0.144. The zero-order valence-corrected chi connectivity index (χ0v) is 8.23. The summed E-state index contributed by atoms with van der Waals surface area (Å²) < 4.78 is 4.90. The van der Waals surface area contributed by atoms with E-state index in [4.69, 9.17) is 16.4 Å². The van der Waals surface area contributed by atoms with Crippen LogP contribution in [0.3, 0.4) is 0 Å². The molecule has 0 aliphatic rings. The highest BCUT2D eigenvalue weighted by Gasteiger charge is 2.10. The van der Waals surface area contributed by atoms with Gasteiger partial charge in [-0.25, -0.2) is 0 Å². The normalized spacial score (nSPS) is 10.9. The van der Waals surface area contributed by atoms with Gasteiger partial charge in [0, 0.05) is 12.5 Å². The minimum atomic E-state index is -0.685. The van der Waals surface area contributed by atoms with Crippen molar-refractivity contribution in [2.75, 3.05) is 0 Å². The van der Waals surface area contributed by atoms with Gasteiger partial charge < -0.3 is 4.74 Å². The Kier molecular flexibility index (Phi) is 3.49. The summed E-state index contributed by atoms with van der Waals surface area (Å²) in [5.41, 5.74) is 1.23. The topological polar surface area (TPSA) is 50.1 Å². The van der Waals surface area contributed by atoms with Crippen molar-refractivity contribution < 1.29 is 9.53 Å². The molecule has 1 aromatic rings. The van der Waals surface area contributed by atoms with E-state index in [1.807, 2.05) is 6.07 Å². The molecular weight excluding hydrogens is 190 g/mol. The predicted octanol–water partition coefficient (Wildman–Crippen LogP) is 1.80. The molecular formula is C12H9NO2. The number of rotatable bonds is 2. The lowest BCUT2D eigenvalue weighted by Crippen LogP contribution is -2.06. The van der Waals surface area contributed by atoms with Crippen LogP contribution in [-0.4, -0.2) is 5.97 Å². The van der Waals surface area contributed by atoms with Crippen LogP contribution in [0.15, 0.2) is 24.3 Å². The summed E-state index contributed by atoms with van der Waals surface area (Å²) in [5.74, 6) is 1.93. The molecule has 0 spiro atoms. The molecule has 3 nitrogen and oxygen atoms in total. The Morgan fingerprint density at radius 1 is 1.47 bits per heavy atom. The van der Waals surface area contributed by atoms with E-state index in [1.165, 1.54) is 6.92 Å². The fourth-order valence-corrected chi connectivity index (χ4v) is 1.10. The van der Waals surface area contributed by atoms with E-state index in [1.54, 1.807) is 24.3 Å². The van der Waals surface area contributed by atoms with E-state index in [0.29, 0.717) is 11.1 Å². The van der Waals surface area contributed by atoms with Crippen LogP contribution in [0.4, 0.5) is 0 Å². The predicted molar refractivity (Wildman–Crippen MR) is 54.5 cm³/mol. The summed E-state index contributed by atoms with van der Waals surface area (Å²) in [5, 5.41) is 8.59. The molecule has 0 N–H and O–H groups in total. The van der Waals surface area contributed by atoms with Crippen LogP contribution in [0, 0.1) is 23.7 Å². The van der Waals surface area contributed by atoms with Gasteiger partial charge in [-0.2, -0.15) is 5.26 Å². The first-order chi connectivity index (χ1) is 7.17. The lowest BCUT2D eigenvalue weighted by Gasteiger charge is -2.10. The quantitative estimate of drug-likeness (QED) is 0.539. The number of esters is 1. The molecule has 0 aliphatic heterocycles. The number of benzene rings is 1. The van der Waals surface area contributed by atoms with E-state index < -0.39 is 12.1 Å². The van der Waals surface area contributed by atoms with E-state index in [0.717, 1.165) is 0 Å². The summed E-state index contributed by atoms with van der Waals surface area (Å²) in [6.07, 6.45) is 4.55. The van der Waals surface area contributed by atoms with Crippen molar-refractivity contribution in [3.05, 3.63) is 35.4 Å². The maximum atomic E-state index is 10.7. The van der Waals surface area contributed by atoms with Gasteiger partial charge >= 0.3 is 5.97 Å². The summed E-state index contributed by atoms with van der Waals surface area (Å²) in [6, 6.07) is 8.59. The Labute approximate surface area is 88.3 Å². The van der Waals surface area contributed by atoms with Crippen molar-refractivity contribution in [2.45, 2.75) is 13.0 Å². The van der Waals surface area contributed by atoms with Crippen LogP contribution in [0.25, 0.3) is 0 Å². The number of carbonyl (C=O) groups excluding carboxylic acids is 1. The van der Waals surface area contributed by atoms with Crippen LogP contribution in [0.1, 0.15) is 24.2 Å². The lowest BCUT2D eigenvalue weighted by atomic mass is 10.1. The first kappa shape index (κ1) is 10.8. The van der Waals surface area contributed by atoms with Crippen molar-refractivity contribution >= 4 is 5.97 Å². The van der Waals surface area contributed by atoms with Gasteiger partial charge in [0.1, 0.15) is 0 Å². The van der Waals surface area contributed by atoms with Crippen molar-refractivity contribution in [2.24, 2.45) is 0 Å². The third kappa shape index (κ3) is 2.86. The van der Waals surface area contributed by atoms with Gasteiger partial charge in [-0.1, -0.05) is 18.1 Å². The number of nitriles is 1. The monoisotopic (exact) mass is 199 g/mol. The van der Waals surface area contributed by atoms with E-state index in [2.05, 4.69) is 5.92 Å². The van der Waals surface area contributed by atoms with Gasteiger partial charge in [-0.15, -0.1) is 6.42 Å². The van der Waals surface area contributed by atoms with Crippen molar-refractivity contribution in [3.8, 4) is 18.4 Å². The first-order valence-corrected chi connectivity index (χ1v) is 4.30. The molecule has 1 atom stereocenters. The summed E-state index contributed by atoms with van der Waals surface area (Å²) in [7, 11) is 0. The average molecular weight is 199 g/mol. The largest absolute Gasteiger partial charge is 0.444 e. The molecule has 74 valence electrons. The molecule has 0 radical (unpaired) electrons. The number of carbonyl (C=O) groups is 1. The third-order valence-electron chi connectivity index (χ3n) is 1.78. The number of hydrogen-bond donors (Lipinski definition) is 0. The Hall–Kier alpha value is -2.26. The molecule has 0 unspecified atom stereocenters. The van der Waals surface area contributed by atoms with Crippen LogP contribution >= 0.6 is 0 Å². The van der Waals surface area contributed by atoms with Gasteiger partial charge in [0.2, 0.25) is 0 Å². The zero-order valence-electron chi connectivity index (χ0n) is 8.23. The molecule has 3 heteroatoms. The number of terminal acetylenes is 1. The van der Waals surface area contributed by atoms with Crippen LogP contribution < -0.4 is 0 Å². The molecule has 0 aliphatic carbocycles. The highest BCUT2D eigenvalue weighted by atomic mass is 16.5. The SMILES string of the molecule is C#C[C@H](OC(C)=O)c1ccc(C#N)cc1. The van der Waals surface area contributed by atoms with Gasteiger partial charge in [0.25, 0.3) is 0 Å². The number of nitrogens with zero attached hydrogens (tertiary/aromatic N) is 1. The molecule has 1 rings (SSSR count). The van der Waals surface area contributed by atoms with Crippen LogP contribution in [-0.2, 0) is 9.53 Å². The highest BCUT2D eigenvalue weighted by Crippen LogP contribution is 2.17. The standard InChI is InChI=1S/C12H9NO2/c1-3-12(15-9(2)14)11-6-4-10(8-13)5-7-11/h1,4-7,12H,2H3/t12-/m0/s1. The van der Waals surface area contributed by atoms with E-state index in [-0.39, 0.29) is 0 Å². The summed E-state index contributed by atoms with van der Waals surface area (Å²) in [4.78, 5) is 10.7. The minimum Gasteiger partial charge on any atom is -0.444 e. The third-order valence-corrected chi connectivity index (χ3v) is 1.78. The maximum Gasteiger partial charge on any atom is 0.304 e. The second-order valence-electron chi connectivity index (χ2n) is 2.89. The Balaban J connectivity index is 2.90. The minimum absolute atomic E-state index is 0.428. The molecule has 0 saturated carbocycles. The van der Waals surface area contributed by atoms with Crippen molar-refractivity contribution in [3.63, 3.8) is 0 Å². The summed E-state index contributed by atoms with van der Waals surface area (Å²) >= 11 is 0. The Morgan fingerprint density at radius 3 is 2.47 bits per heavy atom. The molecule has 1 aromatic carbocycles. The average Bonchev–Trinajstić information content (AvgIpc) is 2.26. The van der Waals surface area contributed by atoms with E-state index >= 15 is 0 Å². The second-order valence-corrected chi connectivity index (χ2v) is 2.89. The molecule has 0 fully saturated rings. The van der Waals surface area contributed by atoms with E-state index in [9.17, 15) is 4.79 Å². The van der Waals surface area contributed by atoms with Gasteiger partial charge in [0.15, 0.2) is 6.10 Å². The maximum absolute atomic E-state index is 10.7. The number of hydrogen-bond acceptors (Lipinski definition) is 3. The smallest absolute Gasteiger partial charge is 0.304 e. The molecule has 0 amide bonds. The molecule has 0 bridgehead atoms. The summed E-state index contributed by atoms with van der Waals surface area (Å²) in [6.45, 7) is 1.30. The van der Waals surface area contributed by atoms with Crippen LogP contribution in [0.5, 0.6) is 0 Å². The molecule has 15 heavy (non-hydrogen) atoms. The zero-order chi connectivity index (χ0) is 11.3. The molecule has 0 saturated heterocycles. The van der Waals surface area contributed by atoms with Crippen LogP contribution in [0.2, 0.25) is 0 Å². The fraction of sp³-hybridized carbons (Fsp3) is 0.167. The molecule has 0 aromatic heterocycles. The second kappa shape index (κ2) is 4.83. The Morgan fingerprint density at radius 2 is 2.07 bits per heavy atom. The highest BCUT2D eigenvalue weighted by molar-refractivity contribution is 5.66. The number of ether oxygens (including phenoxy) is 1. The fourth-order valence-electron chi connectivity index (χ4n) is 1.10. The van der Waals surface area contributed by atoms with Gasteiger partial charge in [-0.3, -0.25) is 4.79 Å².